The molecule has 0 spiro atoms. The summed E-state index contributed by atoms with van der Waals surface area (Å²) in [6, 6.07) is 16.0. The van der Waals surface area contributed by atoms with Gasteiger partial charge in [-0.25, -0.2) is 4.79 Å². The van der Waals surface area contributed by atoms with Gasteiger partial charge in [-0.15, -0.1) is 0 Å². The molecule has 1 N–H and O–H groups in total. The van der Waals surface area contributed by atoms with Crippen LogP contribution < -0.4 is 9.64 Å². The quantitative estimate of drug-likeness (QED) is 0.736. The van der Waals surface area contributed by atoms with Gasteiger partial charge in [-0.2, -0.15) is 0 Å². The Kier molecular flexibility index (Phi) is 5.12. The van der Waals surface area contributed by atoms with E-state index in [2.05, 4.69) is 39.0 Å². The second-order valence-corrected chi connectivity index (χ2v) is 6.96. The number of nitrogens with zero attached hydrogens (tertiary/aromatic N) is 3. The molecule has 6 nitrogen and oxygen atoms in total. The van der Waals surface area contributed by atoms with Gasteiger partial charge >= 0.3 is 5.97 Å². The van der Waals surface area contributed by atoms with Crippen molar-refractivity contribution in [3.8, 4) is 5.75 Å². The molecule has 1 aliphatic rings. The summed E-state index contributed by atoms with van der Waals surface area (Å²) in [5.74, 6) is -0.264. The number of piperazine rings is 1. The Labute approximate surface area is 164 Å². The lowest BCUT2D eigenvalue weighted by Gasteiger charge is -2.37. The van der Waals surface area contributed by atoms with Crippen LogP contribution in [0.25, 0.3) is 10.9 Å². The van der Waals surface area contributed by atoms with Crippen LogP contribution in [0.1, 0.15) is 15.9 Å². The van der Waals surface area contributed by atoms with Gasteiger partial charge in [0, 0.05) is 44.3 Å². The third kappa shape index (κ3) is 3.64. The van der Waals surface area contributed by atoms with E-state index in [9.17, 15) is 9.90 Å². The fraction of sp³-hybridized carbons (Fsp3) is 0.273. The van der Waals surface area contributed by atoms with Crippen LogP contribution in [0.4, 0.5) is 5.69 Å². The van der Waals surface area contributed by atoms with Crippen LogP contribution in [-0.2, 0) is 6.54 Å². The number of carboxylic acid groups (broad SMARTS) is 1. The number of rotatable bonds is 5. The molecule has 0 radical (unpaired) electrons. The molecule has 4 rings (SSSR count). The van der Waals surface area contributed by atoms with Crippen LogP contribution in [0, 0.1) is 0 Å². The molecule has 2 heterocycles. The van der Waals surface area contributed by atoms with Gasteiger partial charge in [-0.1, -0.05) is 30.3 Å². The largest absolute Gasteiger partial charge is 0.497 e. The van der Waals surface area contributed by atoms with E-state index >= 15 is 0 Å². The number of carboxylic acids is 1. The molecule has 3 aromatic rings. The first kappa shape index (κ1) is 18.3. The molecular weight excluding hydrogens is 354 g/mol. The van der Waals surface area contributed by atoms with Gasteiger partial charge in [-0.3, -0.25) is 9.88 Å². The van der Waals surface area contributed by atoms with Gasteiger partial charge in [-0.05, 0) is 23.8 Å². The Morgan fingerprint density at radius 1 is 1.11 bits per heavy atom. The van der Waals surface area contributed by atoms with E-state index in [1.54, 1.807) is 7.11 Å². The summed E-state index contributed by atoms with van der Waals surface area (Å²) < 4.78 is 5.35. The lowest BCUT2D eigenvalue weighted by molar-refractivity contribution is 0.0697. The van der Waals surface area contributed by atoms with Crippen LogP contribution in [0.5, 0.6) is 5.75 Å². The molecule has 0 amide bonds. The van der Waals surface area contributed by atoms with Gasteiger partial charge in [0.2, 0.25) is 0 Å². The van der Waals surface area contributed by atoms with E-state index in [0.717, 1.165) is 49.3 Å². The number of pyridine rings is 1. The van der Waals surface area contributed by atoms with E-state index in [1.807, 2.05) is 24.3 Å². The first-order chi connectivity index (χ1) is 13.7. The van der Waals surface area contributed by atoms with Crippen molar-refractivity contribution in [3.05, 3.63) is 65.9 Å². The predicted octanol–water partition coefficient (Wildman–Crippen LogP) is 3.26. The zero-order valence-electron chi connectivity index (χ0n) is 15.8. The van der Waals surface area contributed by atoms with Crippen molar-refractivity contribution in [1.29, 1.82) is 0 Å². The maximum atomic E-state index is 11.9. The minimum absolute atomic E-state index is 0.234. The minimum atomic E-state index is -0.959. The van der Waals surface area contributed by atoms with Crippen LogP contribution in [0.3, 0.4) is 0 Å². The number of hydrogen-bond acceptors (Lipinski definition) is 5. The van der Waals surface area contributed by atoms with Crippen molar-refractivity contribution in [1.82, 2.24) is 9.88 Å². The Bertz CT molecular complexity index is 983. The minimum Gasteiger partial charge on any atom is -0.497 e. The van der Waals surface area contributed by atoms with Gasteiger partial charge in [0.05, 0.1) is 18.3 Å². The molecule has 0 atom stereocenters. The molecule has 1 fully saturated rings. The highest BCUT2D eigenvalue weighted by atomic mass is 16.5. The Hall–Kier alpha value is -3.12. The molecule has 1 saturated heterocycles. The standard InChI is InChI=1S/C22H23N3O3/c1-28-17-7-8-20-18(13-17)21(19(14-23-20)22(26)27)25-11-9-24(10-12-25)15-16-5-3-2-4-6-16/h2-8,13-14H,9-12,15H2,1H3,(H,26,27). The molecule has 0 aliphatic carbocycles. The fourth-order valence-corrected chi connectivity index (χ4v) is 3.75. The van der Waals surface area contributed by atoms with Gasteiger partial charge < -0.3 is 14.7 Å². The number of carbonyl (C=O) groups is 1. The molecule has 2 aromatic carbocycles. The third-order valence-electron chi connectivity index (χ3n) is 5.21. The fourth-order valence-electron chi connectivity index (χ4n) is 3.75. The molecule has 1 aliphatic heterocycles. The number of ether oxygens (including phenoxy) is 1. The highest BCUT2D eigenvalue weighted by Crippen LogP contribution is 2.33. The highest BCUT2D eigenvalue weighted by molar-refractivity contribution is 6.05. The first-order valence-corrected chi connectivity index (χ1v) is 9.37. The summed E-state index contributed by atoms with van der Waals surface area (Å²) in [7, 11) is 1.61. The molecule has 0 unspecified atom stereocenters. The van der Waals surface area contributed by atoms with Gasteiger partial charge in [0.1, 0.15) is 11.3 Å². The summed E-state index contributed by atoms with van der Waals surface area (Å²) in [6.07, 6.45) is 1.46. The lowest BCUT2D eigenvalue weighted by Crippen LogP contribution is -2.46. The first-order valence-electron chi connectivity index (χ1n) is 9.37. The number of methoxy groups -OCH3 is 1. The van der Waals surface area contributed by atoms with Gasteiger partial charge in [0.25, 0.3) is 0 Å². The van der Waals surface area contributed by atoms with Gasteiger partial charge in [0.15, 0.2) is 0 Å². The van der Waals surface area contributed by atoms with Crippen LogP contribution >= 0.6 is 0 Å². The summed E-state index contributed by atoms with van der Waals surface area (Å²) in [4.78, 5) is 20.8. The summed E-state index contributed by atoms with van der Waals surface area (Å²) >= 11 is 0. The summed E-state index contributed by atoms with van der Waals surface area (Å²) in [5, 5.41) is 10.5. The number of aromatic carboxylic acids is 1. The molecule has 28 heavy (non-hydrogen) atoms. The third-order valence-corrected chi connectivity index (χ3v) is 5.21. The summed E-state index contributed by atoms with van der Waals surface area (Å²) in [6.45, 7) is 4.20. The molecular formula is C22H23N3O3. The zero-order valence-corrected chi connectivity index (χ0v) is 15.8. The zero-order chi connectivity index (χ0) is 19.5. The number of anilines is 1. The molecule has 0 bridgehead atoms. The maximum absolute atomic E-state index is 11.9. The van der Waals surface area contributed by atoms with Crippen molar-refractivity contribution < 1.29 is 14.6 Å². The average Bonchev–Trinajstić information content (AvgIpc) is 2.73. The van der Waals surface area contributed by atoms with Crippen molar-refractivity contribution in [3.63, 3.8) is 0 Å². The second kappa shape index (κ2) is 7.86. The van der Waals surface area contributed by atoms with E-state index in [-0.39, 0.29) is 5.56 Å². The SMILES string of the molecule is COc1ccc2ncc(C(=O)O)c(N3CCN(Cc4ccccc4)CC3)c2c1. The van der Waals surface area contributed by atoms with Crippen LogP contribution in [0.15, 0.2) is 54.7 Å². The topological polar surface area (TPSA) is 65.9 Å². The molecule has 0 saturated carbocycles. The highest BCUT2D eigenvalue weighted by Gasteiger charge is 2.24. The van der Waals surface area contributed by atoms with Crippen LogP contribution in [0.2, 0.25) is 0 Å². The number of fused-ring (bicyclic) bond motifs is 1. The second-order valence-electron chi connectivity index (χ2n) is 6.96. The monoisotopic (exact) mass is 377 g/mol. The van der Waals surface area contributed by atoms with Crippen molar-refractivity contribution >= 4 is 22.6 Å². The summed E-state index contributed by atoms with van der Waals surface area (Å²) in [5.41, 5.74) is 3.03. The van der Waals surface area contributed by atoms with Crippen molar-refractivity contribution in [2.24, 2.45) is 0 Å². The number of aromatic nitrogens is 1. The lowest BCUT2D eigenvalue weighted by atomic mass is 10.1. The molecule has 144 valence electrons. The van der Waals surface area contributed by atoms with Crippen molar-refractivity contribution in [2.75, 3.05) is 38.2 Å². The van der Waals surface area contributed by atoms with Crippen molar-refractivity contribution in [2.45, 2.75) is 6.54 Å². The number of benzene rings is 2. The van der Waals surface area contributed by atoms with Crippen LogP contribution in [-0.4, -0.2) is 54.2 Å². The smallest absolute Gasteiger partial charge is 0.339 e. The maximum Gasteiger partial charge on any atom is 0.339 e. The van der Waals surface area contributed by atoms with E-state index in [1.165, 1.54) is 11.8 Å². The average molecular weight is 377 g/mol. The Morgan fingerprint density at radius 3 is 2.54 bits per heavy atom. The predicted molar refractivity (Wildman–Crippen MR) is 109 cm³/mol. The van der Waals surface area contributed by atoms with E-state index in [0.29, 0.717) is 5.75 Å². The number of hydrogen-bond donors (Lipinski definition) is 1. The van der Waals surface area contributed by atoms with E-state index < -0.39 is 5.97 Å². The molecule has 1 aromatic heterocycles. The normalized spacial score (nSPS) is 15.0. The Morgan fingerprint density at radius 2 is 1.86 bits per heavy atom. The molecule has 6 heteroatoms. The van der Waals surface area contributed by atoms with E-state index in [4.69, 9.17) is 4.74 Å². The Balaban J connectivity index is 1.61.